The molecule has 0 radical (unpaired) electrons. The van der Waals surface area contributed by atoms with Gasteiger partial charge in [0, 0.05) is 13.0 Å². The lowest BCUT2D eigenvalue weighted by atomic mass is 9.79. The van der Waals surface area contributed by atoms with E-state index in [4.69, 9.17) is 0 Å². The summed E-state index contributed by atoms with van der Waals surface area (Å²) in [7, 11) is 4.14. The minimum atomic E-state index is -0.0841. The van der Waals surface area contributed by atoms with Gasteiger partial charge in [0.25, 0.3) is 0 Å². The molecule has 17 heavy (non-hydrogen) atoms. The molecule has 0 spiro atoms. The van der Waals surface area contributed by atoms with Crippen molar-refractivity contribution in [3.8, 4) is 0 Å². The summed E-state index contributed by atoms with van der Waals surface area (Å²) in [4.78, 5) is 13.1. The van der Waals surface area contributed by atoms with Gasteiger partial charge in [-0.15, -0.1) is 0 Å². The SMILES string of the molecule is CN(C)C1(c2ccccc2)CCNC(=C=O)C1. The summed E-state index contributed by atoms with van der Waals surface area (Å²) >= 11 is 0. The summed E-state index contributed by atoms with van der Waals surface area (Å²) in [6, 6.07) is 10.4. The van der Waals surface area contributed by atoms with E-state index in [1.807, 2.05) is 24.1 Å². The minimum Gasteiger partial charge on any atom is -0.379 e. The van der Waals surface area contributed by atoms with Gasteiger partial charge in [-0.1, -0.05) is 30.3 Å². The third-order valence-corrected chi connectivity index (χ3v) is 3.64. The molecule has 1 heterocycles. The van der Waals surface area contributed by atoms with E-state index in [0.717, 1.165) is 13.0 Å². The summed E-state index contributed by atoms with van der Waals surface area (Å²) < 4.78 is 0. The summed E-state index contributed by atoms with van der Waals surface area (Å²) in [5.74, 6) is 2.01. The molecule has 0 bridgehead atoms. The van der Waals surface area contributed by atoms with Crippen LogP contribution >= 0.6 is 0 Å². The van der Waals surface area contributed by atoms with E-state index in [2.05, 4.69) is 36.4 Å². The van der Waals surface area contributed by atoms with Gasteiger partial charge in [0.2, 0.25) is 0 Å². The Bertz CT molecular complexity index is 435. The van der Waals surface area contributed by atoms with Crippen LogP contribution in [-0.2, 0) is 10.3 Å². The van der Waals surface area contributed by atoms with Crippen molar-refractivity contribution in [2.24, 2.45) is 0 Å². The molecular weight excluding hydrogens is 212 g/mol. The smallest absolute Gasteiger partial charge is 0.145 e. The zero-order valence-corrected chi connectivity index (χ0v) is 10.4. The van der Waals surface area contributed by atoms with E-state index in [1.54, 1.807) is 0 Å². The van der Waals surface area contributed by atoms with Gasteiger partial charge in [0.05, 0.1) is 11.2 Å². The number of rotatable bonds is 2. The van der Waals surface area contributed by atoms with E-state index in [1.165, 1.54) is 5.56 Å². The van der Waals surface area contributed by atoms with Gasteiger partial charge in [-0.3, -0.25) is 4.90 Å². The van der Waals surface area contributed by atoms with Crippen LogP contribution in [0.2, 0.25) is 0 Å². The predicted molar refractivity (Wildman–Crippen MR) is 68.3 cm³/mol. The Morgan fingerprint density at radius 1 is 1.29 bits per heavy atom. The van der Waals surface area contributed by atoms with Crippen LogP contribution in [0.25, 0.3) is 0 Å². The number of nitrogens with zero attached hydrogens (tertiary/aromatic N) is 1. The standard InChI is InChI=1S/C14H18N2O/c1-16(2)14(12-6-4-3-5-7-12)8-9-15-13(10-14)11-17/h3-7,15H,8-10H2,1-2H3. The van der Waals surface area contributed by atoms with Gasteiger partial charge < -0.3 is 5.32 Å². The zero-order chi connectivity index (χ0) is 12.3. The fourth-order valence-electron chi connectivity index (χ4n) is 2.57. The van der Waals surface area contributed by atoms with Crippen LogP contribution in [0.3, 0.4) is 0 Å². The van der Waals surface area contributed by atoms with Crippen LogP contribution in [-0.4, -0.2) is 31.5 Å². The van der Waals surface area contributed by atoms with Crippen molar-refractivity contribution in [2.75, 3.05) is 20.6 Å². The van der Waals surface area contributed by atoms with Gasteiger partial charge >= 0.3 is 0 Å². The highest BCUT2D eigenvalue weighted by Gasteiger charge is 2.38. The van der Waals surface area contributed by atoms with Crippen molar-refractivity contribution < 1.29 is 4.79 Å². The minimum absolute atomic E-state index is 0.0841. The first kappa shape index (κ1) is 11.9. The second-order valence-corrected chi connectivity index (χ2v) is 4.73. The fourth-order valence-corrected chi connectivity index (χ4v) is 2.57. The lowest BCUT2D eigenvalue weighted by molar-refractivity contribution is 0.122. The number of hydrogen-bond acceptors (Lipinski definition) is 3. The third-order valence-electron chi connectivity index (χ3n) is 3.64. The van der Waals surface area contributed by atoms with Crippen LogP contribution in [0, 0.1) is 0 Å². The number of nitrogens with one attached hydrogen (secondary N) is 1. The van der Waals surface area contributed by atoms with Crippen molar-refractivity contribution in [3.05, 3.63) is 41.6 Å². The van der Waals surface area contributed by atoms with Crippen LogP contribution in [0.1, 0.15) is 18.4 Å². The first-order valence-electron chi connectivity index (χ1n) is 5.90. The second-order valence-electron chi connectivity index (χ2n) is 4.73. The van der Waals surface area contributed by atoms with Crippen molar-refractivity contribution in [3.63, 3.8) is 0 Å². The van der Waals surface area contributed by atoms with Gasteiger partial charge in [0.1, 0.15) is 5.94 Å². The van der Waals surface area contributed by atoms with E-state index < -0.39 is 0 Å². The Labute approximate surface area is 102 Å². The number of benzene rings is 1. The highest BCUT2D eigenvalue weighted by molar-refractivity contribution is 5.53. The van der Waals surface area contributed by atoms with Crippen molar-refractivity contribution >= 4 is 5.94 Å². The molecule has 3 heteroatoms. The highest BCUT2D eigenvalue weighted by atomic mass is 16.1. The topological polar surface area (TPSA) is 32.3 Å². The Morgan fingerprint density at radius 3 is 2.59 bits per heavy atom. The van der Waals surface area contributed by atoms with Crippen molar-refractivity contribution in [2.45, 2.75) is 18.4 Å². The molecule has 1 unspecified atom stereocenters. The molecule has 3 nitrogen and oxygen atoms in total. The average molecular weight is 230 g/mol. The van der Waals surface area contributed by atoms with E-state index in [-0.39, 0.29) is 5.54 Å². The highest BCUT2D eigenvalue weighted by Crippen LogP contribution is 2.37. The molecule has 1 aliphatic heterocycles. The molecule has 1 fully saturated rings. The maximum Gasteiger partial charge on any atom is 0.145 e. The maximum absolute atomic E-state index is 10.9. The molecule has 1 aliphatic rings. The zero-order valence-electron chi connectivity index (χ0n) is 10.4. The van der Waals surface area contributed by atoms with E-state index in [9.17, 15) is 4.79 Å². The maximum atomic E-state index is 10.9. The summed E-state index contributed by atoms with van der Waals surface area (Å²) in [6.07, 6.45) is 1.70. The molecule has 0 aromatic heterocycles. The van der Waals surface area contributed by atoms with Crippen LogP contribution in [0.15, 0.2) is 36.0 Å². The molecule has 1 saturated heterocycles. The van der Waals surface area contributed by atoms with Crippen LogP contribution in [0.5, 0.6) is 0 Å². The molecule has 0 amide bonds. The Balaban J connectivity index is 2.43. The lowest BCUT2D eigenvalue weighted by Gasteiger charge is -2.43. The average Bonchev–Trinajstić information content (AvgIpc) is 2.39. The summed E-state index contributed by atoms with van der Waals surface area (Å²) in [5, 5.41) is 3.11. The van der Waals surface area contributed by atoms with Crippen molar-refractivity contribution in [1.29, 1.82) is 0 Å². The quantitative estimate of drug-likeness (QED) is 0.782. The van der Waals surface area contributed by atoms with Gasteiger partial charge in [-0.25, -0.2) is 4.79 Å². The normalized spacial score (nSPS) is 24.3. The summed E-state index contributed by atoms with van der Waals surface area (Å²) in [5.41, 5.74) is 1.85. The molecular formula is C14H18N2O. The number of carbonyl (C=O) groups excluding carboxylic acids is 1. The van der Waals surface area contributed by atoms with E-state index in [0.29, 0.717) is 12.1 Å². The Hall–Kier alpha value is -1.57. The molecule has 0 saturated carbocycles. The van der Waals surface area contributed by atoms with Gasteiger partial charge in [-0.05, 0) is 26.1 Å². The first-order chi connectivity index (χ1) is 8.19. The lowest BCUT2D eigenvalue weighted by Crippen LogP contribution is -2.48. The number of piperidine rings is 1. The molecule has 1 aromatic rings. The molecule has 2 rings (SSSR count). The van der Waals surface area contributed by atoms with Crippen molar-refractivity contribution in [1.82, 2.24) is 10.2 Å². The Morgan fingerprint density at radius 2 is 2.00 bits per heavy atom. The first-order valence-corrected chi connectivity index (χ1v) is 5.90. The predicted octanol–water partition coefficient (Wildman–Crippen LogP) is 1.54. The Kier molecular flexibility index (Phi) is 3.32. The molecule has 0 aliphatic carbocycles. The van der Waals surface area contributed by atoms with Crippen LogP contribution in [0.4, 0.5) is 0 Å². The summed E-state index contributed by atoms with van der Waals surface area (Å²) in [6.45, 7) is 0.817. The largest absolute Gasteiger partial charge is 0.379 e. The van der Waals surface area contributed by atoms with Crippen LogP contribution < -0.4 is 5.32 Å². The fraction of sp³-hybridized carbons (Fsp3) is 0.429. The van der Waals surface area contributed by atoms with Gasteiger partial charge in [0.15, 0.2) is 0 Å². The van der Waals surface area contributed by atoms with E-state index >= 15 is 0 Å². The third kappa shape index (κ3) is 2.12. The molecule has 1 N–H and O–H groups in total. The molecule has 1 atom stereocenters. The molecule has 1 aromatic carbocycles. The van der Waals surface area contributed by atoms with Gasteiger partial charge in [-0.2, -0.15) is 0 Å². The molecule has 90 valence electrons. The monoisotopic (exact) mass is 230 g/mol. The second kappa shape index (κ2) is 4.74. The number of hydrogen-bond donors (Lipinski definition) is 1.